The van der Waals surface area contributed by atoms with Gasteiger partial charge in [-0.15, -0.1) is 43.1 Å². The SMILES string of the molecule is Cc1nc(-c2cccc(Cl)c2)sc1-c1ccc(=O)n(Cc2nnc(-c3ccc(F)c(Cc4nc(-c5cncc(Cl)c5)sc4-c4ccc(=O)n(Cc5nnc(-c6ccc(F)cc6)s5)n4)c3)s2)n1. The van der Waals surface area contributed by atoms with E-state index < -0.39 is 5.82 Å². The molecule has 0 unspecified atom stereocenters. The van der Waals surface area contributed by atoms with Crippen molar-refractivity contribution in [2.75, 3.05) is 0 Å². The van der Waals surface area contributed by atoms with Crippen LogP contribution in [0.3, 0.4) is 0 Å². The molecule has 0 saturated carbocycles. The number of hydrogen-bond donors (Lipinski definition) is 0. The van der Waals surface area contributed by atoms with Gasteiger partial charge in [-0.05, 0) is 85.3 Å². The van der Waals surface area contributed by atoms with Crippen molar-refractivity contribution in [3.63, 3.8) is 0 Å². The first-order valence-electron chi connectivity index (χ1n) is 19.7. The number of aromatic nitrogens is 11. The third kappa shape index (κ3) is 9.26. The molecule has 0 amide bonds. The molecule has 7 heterocycles. The van der Waals surface area contributed by atoms with Gasteiger partial charge in [0.1, 0.15) is 53.1 Å². The van der Waals surface area contributed by atoms with Gasteiger partial charge in [0.15, 0.2) is 0 Å². The minimum Gasteiger partial charge on any atom is -0.268 e. The lowest BCUT2D eigenvalue weighted by atomic mass is 10.0. The summed E-state index contributed by atoms with van der Waals surface area (Å²) in [5.74, 6) is -0.834. The molecule has 0 N–H and O–H groups in total. The molecule has 0 aliphatic heterocycles. The summed E-state index contributed by atoms with van der Waals surface area (Å²) >= 11 is 17.8. The average Bonchev–Trinajstić information content (AvgIpc) is 4.14. The van der Waals surface area contributed by atoms with Crippen LogP contribution in [0.5, 0.6) is 0 Å². The zero-order valence-corrected chi connectivity index (χ0v) is 38.7. The van der Waals surface area contributed by atoms with Crippen molar-refractivity contribution in [2.45, 2.75) is 26.4 Å². The fourth-order valence-corrected chi connectivity index (χ4v) is 10.9. The van der Waals surface area contributed by atoms with Crippen molar-refractivity contribution in [3.05, 3.63) is 179 Å². The van der Waals surface area contributed by atoms with Gasteiger partial charge in [0.2, 0.25) is 0 Å². The Morgan fingerprint density at radius 3 is 1.86 bits per heavy atom. The summed E-state index contributed by atoms with van der Waals surface area (Å²) in [7, 11) is 0. The van der Waals surface area contributed by atoms with Crippen LogP contribution < -0.4 is 11.1 Å². The molecule has 7 aromatic heterocycles. The monoisotopic (exact) mass is 989 g/mol. The fraction of sp³-hybridized carbons (Fsp3) is 0.0889. The molecule has 66 heavy (non-hydrogen) atoms. The van der Waals surface area contributed by atoms with Crippen LogP contribution in [-0.2, 0) is 19.5 Å². The van der Waals surface area contributed by atoms with Crippen LogP contribution in [0.25, 0.3) is 63.4 Å². The summed E-state index contributed by atoms with van der Waals surface area (Å²) in [6, 6.07) is 25.9. The molecular weight excluding hydrogens is 964 g/mol. The van der Waals surface area contributed by atoms with E-state index in [0.29, 0.717) is 79.3 Å². The van der Waals surface area contributed by atoms with E-state index in [1.807, 2.05) is 25.1 Å². The van der Waals surface area contributed by atoms with Gasteiger partial charge >= 0.3 is 0 Å². The van der Waals surface area contributed by atoms with Crippen molar-refractivity contribution >= 4 is 68.5 Å². The van der Waals surface area contributed by atoms with Gasteiger partial charge in [-0.1, -0.05) is 58.0 Å². The first kappa shape index (κ1) is 43.3. The molecule has 0 spiro atoms. The van der Waals surface area contributed by atoms with Crippen molar-refractivity contribution in [3.8, 4) is 63.4 Å². The van der Waals surface area contributed by atoms with Gasteiger partial charge in [0.25, 0.3) is 11.1 Å². The molecule has 0 aliphatic carbocycles. The van der Waals surface area contributed by atoms with E-state index in [-0.39, 0.29) is 36.4 Å². The molecule has 13 nitrogen and oxygen atoms in total. The Bertz CT molecular complexity index is 3570. The van der Waals surface area contributed by atoms with Crippen molar-refractivity contribution < 1.29 is 8.78 Å². The van der Waals surface area contributed by atoms with Gasteiger partial charge in [-0.3, -0.25) is 14.6 Å². The predicted octanol–water partition coefficient (Wildman–Crippen LogP) is 10.4. The highest BCUT2D eigenvalue weighted by Gasteiger charge is 2.21. The third-order valence-electron chi connectivity index (χ3n) is 9.96. The van der Waals surface area contributed by atoms with Gasteiger partial charge in [0, 0.05) is 58.2 Å². The number of benzene rings is 3. The second kappa shape index (κ2) is 18.3. The first-order chi connectivity index (χ1) is 32.0. The predicted molar refractivity (Wildman–Crippen MR) is 254 cm³/mol. The fourth-order valence-electron chi connectivity index (χ4n) is 6.81. The number of rotatable bonds is 12. The molecule has 10 aromatic rings. The summed E-state index contributed by atoms with van der Waals surface area (Å²) in [4.78, 5) is 41.5. The Kier molecular flexibility index (Phi) is 12.0. The Balaban J connectivity index is 0.926. The average molecular weight is 991 g/mol. The van der Waals surface area contributed by atoms with Crippen LogP contribution in [-0.4, -0.2) is 54.9 Å². The third-order valence-corrected chi connectivity index (χ3v) is 14.7. The van der Waals surface area contributed by atoms with E-state index >= 15 is 4.39 Å². The van der Waals surface area contributed by atoms with Crippen molar-refractivity contribution in [2.24, 2.45) is 0 Å². The van der Waals surface area contributed by atoms with Gasteiger partial charge in [-0.25, -0.2) is 28.1 Å². The van der Waals surface area contributed by atoms with E-state index in [1.54, 1.807) is 54.7 Å². The molecule has 3 aromatic carbocycles. The molecule has 10 rings (SSSR count). The maximum atomic E-state index is 15.8. The summed E-state index contributed by atoms with van der Waals surface area (Å²) in [6.07, 6.45) is 3.19. The molecule has 0 atom stereocenters. The highest BCUT2D eigenvalue weighted by atomic mass is 35.5. The zero-order valence-electron chi connectivity index (χ0n) is 33.9. The van der Waals surface area contributed by atoms with Crippen LogP contribution in [0.15, 0.2) is 119 Å². The zero-order chi connectivity index (χ0) is 45.5. The lowest BCUT2D eigenvalue weighted by Gasteiger charge is -2.07. The standard InChI is InChI=1S/C45H27Cl2F2N11O2S4/c1-23-40(65-42(51-23)25-3-2-4-29(46)16-25)33-11-13-38(61)59(57-33)22-37-54-56-45(64-37)26-7-10-32(49)27(15-26)18-35-41(66-43(52-35)28-17-30(47)20-50-19-28)34-12-14-39(62)60(58-34)21-36-53-55-44(63-36)24-5-8-31(48)9-6-24/h2-17,19-20H,18,21-22H2,1H3. The first-order valence-corrected chi connectivity index (χ1v) is 23.7. The Morgan fingerprint density at radius 1 is 0.576 bits per heavy atom. The normalized spacial score (nSPS) is 11.4. The number of pyridine rings is 1. The number of halogens is 4. The van der Waals surface area contributed by atoms with E-state index in [9.17, 15) is 14.0 Å². The number of aryl methyl sites for hydroxylation is 1. The topological polar surface area (TPSA) is 160 Å². The minimum absolute atomic E-state index is 0.0266. The maximum Gasteiger partial charge on any atom is 0.267 e. The lowest BCUT2D eigenvalue weighted by molar-refractivity contribution is 0.613. The largest absolute Gasteiger partial charge is 0.268 e. The number of hydrogen-bond acceptors (Lipinski definition) is 15. The highest BCUT2D eigenvalue weighted by molar-refractivity contribution is 7.19. The Hall–Kier alpha value is -6.61. The van der Waals surface area contributed by atoms with Gasteiger partial charge in [0.05, 0.1) is 39.3 Å². The molecule has 0 aliphatic rings. The second-order valence-corrected chi connectivity index (χ2v) is 19.5. The van der Waals surface area contributed by atoms with Crippen LogP contribution >= 0.6 is 68.5 Å². The molecule has 0 fully saturated rings. The van der Waals surface area contributed by atoms with E-state index in [2.05, 4.69) is 30.5 Å². The molecule has 0 saturated heterocycles. The second-order valence-electron chi connectivity index (χ2n) is 14.6. The van der Waals surface area contributed by atoms with E-state index in [4.69, 9.17) is 38.3 Å². The van der Waals surface area contributed by atoms with Crippen molar-refractivity contribution in [1.29, 1.82) is 0 Å². The summed E-state index contributed by atoms with van der Waals surface area (Å²) in [6.45, 7) is 1.98. The Morgan fingerprint density at radius 2 is 1.18 bits per heavy atom. The molecule has 0 bridgehead atoms. The Labute approximate surface area is 398 Å². The number of nitrogens with zero attached hydrogens (tertiary/aromatic N) is 11. The van der Waals surface area contributed by atoms with Crippen LogP contribution in [0.2, 0.25) is 10.0 Å². The van der Waals surface area contributed by atoms with Gasteiger partial charge in [-0.2, -0.15) is 10.2 Å². The number of thiazole rings is 2. The van der Waals surface area contributed by atoms with Crippen molar-refractivity contribution in [1.82, 2.24) is 54.9 Å². The van der Waals surface area contributed by atoms with Crippen LogP contribution in [0.1, 0.15) is 27.0 Å². The molecule has 21 heteroatoms. The maximum absolute atomic E-state index is 15.8. The summed E-state index contributed by atoms with van der Waals surface area (Å²) in [5.41, 5.74) is 4.75. The van der Waals surface area contributed by atoms with Crippen LogP contribution in [0.4, 0.5) is 8.78 Å². The molecule has 326 valence electrons. The minimum atomic E-state index is -0.469. The van der Waals surface area contributed by atoms with Crippen LogP contribution in [0, 0.1) is 18.6 Å². The molecule has 0 radical (unpaired) electrons. The van der Waals surface area contributed by atoms with E-state index in [1.165, 1.54) is 91.2 Å². The lowest BCUT2D eigenvalue weighted by Crippen LogP contribution is -2.22. The quantitative estimate of drug-likeness (QED) is 0.115. The molecular formula is C45H27Cl2F2N11O2S4. The summed E-state index contributed by atoms with van der Waals surface area (Å²) < 4.78 is 32.0. The van der Waals surface area contributed by atoms with E-state index in [0.717, 1.165) is 21.1 Å². The smallest absolute Gasteiger partial charge is 0.267 e. The van der Waals surface area contributed by atoms with Gasteiger partial charge < -0.3 is 0 Å². The summed E-state index contributed by atoms with van der Waals surface area (Å²) in [5, 5.41) is 31.1. The highest BCUT2D eigenvalue weighted by Crippen LogP contribution is 2.38.